The standard InChI is InChI=1S/C19H17ClN4O3S/c1-9-5-12(6-10(2)15(9)20)27-7-13-22-17-14-11(3)16(19(25)26-4)28-18(14)21-8-24(17)23-13/h5-6,8H,7H2,1-4H3. The number of carbonyl (C=O) groups is 1. The zero-order chi connectivity index (χ0) is 20.0. The molecule has 3 aromatic heterocycles. The van der Waals surface area contributed by atoms with Crippen LogP contribution >= 0.6 is 22.9 Å². The third kappa shape index (κ3) is 3.08. The molecule has 28 heavy (non-hydrogen) atoms. The lowest BCUT2D eigenvalue weighted by molar-refractivity contribution is 0.0605. The van der Waals surface area contributed by atoms with Gasteiger partial charge in [0.1, 0.15) is 28.4 Å². The number of aromatic nitrogens is 4. The van der Waals surface area contributed by atoms with Crippen LogP contribution in [-0.4, -0.2) is 32.7 Å². The van der Waals surface area contributed by atoms with Gasteiger partial charge in [0.2, 0.25) is 0 Å². The van der Waals surface area contributed by atoms with Gasteiger partial charge in [-0.05, 0) is 49.6 Å². The molecule has 0 N–H and O–H groups in total. The Morgan fingerprint density at radius 1 is 1.25 bits per heavy atom. The molecule has 9 heteroatoms. The summed E-state index contributed by atoms with van der Waals surface area (Å²) in [5.41, 5.74) is 3.33. The second-order valence-electron chi connectivity index (χ2n) is 6.43. The lowest BCUT2D eigenvalue weighted by atomic mass is 10.1. The first kappa shape index (κ1) is 18.6. The van der Waals surface area contributed by atoms with Crippen molar-refractivity contribution in [1.29, 1.82) is 0 Å². The molecule has 0 saturated carbocycles. The summed E-state index contributed by atoms with van der Waals surface area (Å²) >= 11 is 7.49. The second kappa shape index (κ2) is 7.03. The van der Waals surface area contributed by atoms with Crippen LogP contribution in [0.15, 0.2) is 18.5 Å². The number of nitrogens with zero attached hydrogens (tertiary/aromatic N) is 4. The molecule has 0 unspecified atom stereocenters. The fraction of sp³-hybridized carbons (Fsp3) is 0.263. The lowest BCUT2D eigenvalue weighted by Gasteiger charge is -2.08. The monoisotopic (exact) mass is 416 g/mol. The number of hydrogen-bond donors (Lipinski definition) is 0. The van der Waals surface area contributed by atoms with E-state index in [2.05, 4.69) is 15.1 Å². The summed E-state index contributed by atoms with van der Waals surface area (Å²) in [7, 11) is 1.36. The van der Waals surface area contributed by atoms with Crippen LogP contribution in [0.5, 0.6) is 5.75 Å². The number of esters is 1. The molecule has 4 aromatic rings. The molecular formula is C19H17ClN4O3S. The van der Waals surface area contributed by atoms with Crippen LogP contribution in [0.4, 0.5) is 0 Å². The van der Waals surface area contributed by atoms with Crippen LogP contribution in [0, 0.1) is 20.8 Å². The van der Waals surface area contributed by atoms with Crippen molar-refractivity contribution in [2.75, 3.05) is 7.11 Å². The molecule has 0 aliphatic carbocycles. The Bertz CT molecular complexity index is 1210. The first-order valence-electron chi connectivity index (χ1n) is 8.50. The molecule has 0 aliphatic rings. The minimum Gasteiger partial charge on any atom is -0.486 e. The fourth-order valence-electron chi connectivity index (χ4n) is 3.06. The highest BCUT2D eigenvalue weighted by atomic mass is 35.5. The molecule has 0 spiro atoms. The minimum absolute atomic E-state index is 0.205. The Labute approximate surface area is 169 Å². The summed E-state index contributed by atoms with van der Waals surface area (Å²) in [6.07, 6.45) is 1.59. The Morgan fingerprint density at radius 3 is 2.64 bits per heavy atom. The van der Waals surface area contributed by atoms with E-state index in [0.29, 0.717) is 26.9 Å². The molecular weight excluding hydrogens is 400 g/mol. The highest BCUT2D eigenvalue weighted by Crippen LogP contribution is 2.32. The fourth-order valence-corrected chi connectivity index (χ4v) is 4.23. The van der Waals surface area contributed by atoms with Crippen molar-refractivity contribution in [2.45, 2.75) is 27.4 Å². The molecule has 0 fully saturated rings. The Hall–Kier alpha value is -2.71. The van der Waals surface area contributed by atoms with E-state index >= 15 is 0 Å². The van der Waals surface area contributed by atoms with Gasteiger partial charge in [-0.15, -0.1) is 16.4 Å². The van der Waals surface area contributed by atoms with E-state index in [1.807, 2.05) is 32.9 Å². The number of carbonyl (C=O) groups excluding carboxylic acids is 1. The average molecular weight is 417 g/mol. The predicted octanol–water partition coefficient (Wildman–Crippen LogP) is 4.28. The Kier molecular flexibility index (Phi) is 4.68. The van der Waals surface area contributed by atoms with Crippen LogP contribution in [0.3, 0.4) is 0 Å². The van der Waals surface area contributed by atoms with Crippen molar-refractivity contribution in [3.63, 3.8) is 0 Å². The topological polar surface area (TPSA) is 78.6 Å². The molecule has 0 saturated heterocycles. The zero-order valence-corrected chi connectivity index (χ0v) is 17.3. The quantitative estimate of drug-likeness (QED) is 0.462. The van der Waals surface area contributed by atoms with Crippen LogP contribution in [-0.2, 0) is 11.3 Å². The summed E-state index contributed by atoms with van der Waals surface area (Å²) < 4.78 is 12.3. The number of fused-ring (bicyclic) bond motifs is 3. The molecule has 0 aliphatic heterocycles. The largest absolute Gasteiger partial charge is 0.486 e. The second-order valence-corrected chi connectivity index (χ2v) is 7.81. The average Bonchev–Trinajstić information content (AvgIpc) is 3.24. The molecule has 4 rings (SSSR count). The Balaban J connectivity index is 1.69. The van der Waals surface area contributed by atoms with Gasteiger partial charge in [0.05, 0.1) is 12.5 Å². The number of thiophene rings is 1. The molecule has 1 aromatic carbocycles. The number of hydrogen-bond acceptors (Lipinski definition) is 7. The van der Waals surface area contributed by atoms with Crippen LogP contribution < -0.4 is 4.74 Å². The number of aryl methyl sites for hydroxylation is 3. The molecule has 7 nitrogen and oxygen atoms in total. The normalized spacial score (nSPS) is 11.3. The number of methoxy groups -OCH3 is 1. The van der Waals surface area contributed by atoms with Gasteiger partial charge in [-0.25, -0.2) is 19.3 Å². The number of rotatable bonds is 4. The maximum Gasteiger partial charge on any atom is 0.348 e. The molecule has 144 valence electrons. The molecule has 0 bridgehead atoms. The third-order valence-electron chi connectivity index (χ3n) is 4.46. The first-order chi connectivity index (χ1) is 13.4. The van der Waals surface area contributed by atoms with Gasteiger partial charge in [0.25, 0.3) is 0 Å². The smallest absolute Gasteiger partial charge is 0.348 e. The highest BCUT2D eigenvalue weighted by molar-refractivity contribution is 7.20. The van der Waals surface area contributed by atoms with E-state index in [0.717, 1.165) is 27.1 Å². The Morgan fingerprint density at radius 2 is 1.96 bits per heavy atom. The van der Waals surface area contributed by atoms with E-state index in [1.165, 1.54) is 18.4 Å². The van der Waals surface area contributed by atoms with Gasteiger partial charge in [-0.1, -0.05) is 11.6 Å². The number of benzene rings is 1. The maximum absolute atomic E-state index is 12.0. The molecule has 3 heterocycles. The van der Waals surface area contributed by atoms with Gasteiger partial charge in [-0.2, -0.15) is 0 Å². The SMILES string of the molecule is COC(=O)c1sc2ncn3nc(COc4cc(C)c(Cl)c(C)c4)nc3c2c1C. The highest BCUT2D eigenvalue weighted by Gasteiger charge is 2.20. The van der Waals surface area contributed by atoms with Gasteiger partial charge in [0, 0.05) is 5.02 Å². The van der Waals surface area contributed by atoms with Crippen molar-refractivity contribution < 1.29 is 14.3 Å². The summed E-state index contributed by atoms with van der Waals surface area (Å²) in [6, 6.07) is 3.77. The lowest BCUT2D eigenvalue weighted by Crippen LogP contribution is -1.99. The van der Waals surface area contributed by atoms with Gasteiger partial charge < -0.3 is 9.47 Å². The third-order valence-corrected chi connectivity index (χ3v) is 6.24. The van der Waals surface area contributed by atoms with Crippen LogP contribution in [0.25, 0.3) is 15.9 Å². The molecule has 0 amide bonds. The van der Waals surface area contributed by atoms with Crippen molar-refractivity contribution >= 4 is 44.8 Å². The van der Waals surface area contributed by atoms with Gasteiger partial charge in [-0.3, -0.25) is 0 Å². The van der Waals surface area contributed by atoms with Crippen LogP contribution in [0.1, 0.15) is 32.2 Å². The predicted molar refractivity (Wildman–Crippen MR) is 107 cm³/mol. The van der Waals surface area contributed by atoms with E-state index in [9.17, 15) is 4.79 Å². The van der Waals surface area contributed by atoms with Gasteiger partial charge >= 0.3 is 5.97 Å². The molecule has 0 atom stereocenters. The van der Waals surface area contributed by atoms with Crippen molar-refractivity contribution in [1.82, 2.24) is 19.6 Å². The van der Waals surface area contributed by atoms with Gasteiger partial charge in [0.15, 0.2) is 11.5 Å². The summed E-state index contributed by atoms with van der Waals surface area (Å²) in [4.78, 5) is 22.2. The zero-order valence-electron chi connectivity index (χ0n) is 15.7. The van der Waals surface area contributed by atoms with E-state index in [4.69, 9.17) is 21.1 Å². The van der Waals surface area contributed by atoms with Crippen LogP contribution in [0.2, 0.25) is 5.02 Å². The van der Waals surface area contributed by atoms with E-state index in [-0.39, 0.29) is 12.6 Å². The van der Waals surface area contributed by atoms with E-state index in [1.54, 1.807) is 10.8 Å². The maximum atomic E-state index is 12.0. The number of halogens is 1. The molecule has 0 radical (unpaired) electrons. The van der Waals surface area contributed by atoms with Crippen molar-refractivity contribution in [3.8, 4) is 5.75 Å². The summed E-state index contributed by atoms with van der Waals surface area (Å²) in [5, 5.41) is 5.97. The number of ether oxygens (including phenoxy) is 2. The first-order valence-corrected chi connectivity index (χ1v) is 9.69. The van der Waals surface area contributed by atoms with Crippen molar-refractivity contribution in [2.24, 2.45) is 0 Å². The van der Waals surface area contributed by atoms with Crippen molar-refractivity contribution in [3.05, 3.63) is 50.9 Å². The minimum atomic E-state index is -0.379. The summed E-state index contributed by atoms with van der Waals surface area (Å²) in [5.74, 6) is 0.848. The van der Waals surface area contributed by atoms with E-state index < -0.39 is 0 Å². The summed E-state index contributed by atoms with van der Waals surface area (Å²) in [6.45, 7) is 5.94.